The summed E-state index contributed by atoms with van der Waals surface area (Å²) in [6.07, 6.45) is 10.2. The summed E-state index contributed by atoms with van der Waals surface area (Å²) in [4.78, 5) is 25.3. The van der Waals surface area contributed by atoms with E-state index in [0.29, 0.717) is 71.2 Å². The van der Waals surface area contributed by atoms with Gasteiger partial charge in [0.05, 0.1) is 46.2 Å². The van der Waals surface area contributed by atoms with Crippen molar-refractivity contribution < 1.29 is 33.6 Å². The summed E-state index contributed by atoms with van der Waals surface area (Å²) in [6.45, 7) is 7.12. The van der Waals surface area contributed by atoms with Crippen LogP contribution in [0.25, 0.3) is 0 Å². The molecule has 0 unspecified atom stereocenters. The Labute approximate surface area is 197 Å². The summed E-state index contributed by atoms with van der Waals surface area (Å²) in [7, 11) is 0. The lowest BCUT2D eigenvalue weighted by Gasteiger charge is -2.51. The zero-order valence-electron chi connectivity index (χ0n) is 19.7. The highest BCUT2D eigenvalue weighted by Crippen LogP contribution is 2.52. The number of piperidine rings is 1. The van der Waals surface area contributed by atoms with Crippen molar-refractivity contribution in [3.05, 3.63) is 0 Å². The van der Waals surface area contributed by atoms with Crippen molar-refractivity contribution in [1.29, 1.82) is 0 Å². The fraction of sp³-hybridized carbons (Fsp3) is 0.833. The molecule has 0 aromatic heterocycles. The average molecular weight is 469 g/mol. The van der Waals surface area contributed by atoms with E-state index in [2.05, 4.69) is 16.1 Å². The summed E-state index contributed by atoms with van der Waals surface area (Å²) in [5, 5.41) is 11.7. The number of carbonyl (C=O) groups is 2. The van der Waals surface area contributed by atoms with Crippen LogP contribution < -0.4 is 5.32 Å². The third-order valence-corrected chi connectivity index (χ3v) is 6.36. The van der Waals surface area contributed by atoms with Gasteiger partial charge in [-0.3, -0.25) is 9.59 Å². The molecular weight excluding hydrogens is 428 g/mol. The lowest BCUT2D eigenvalue weighted by atomic mass is 9.57. The second-order valence-corrected chi connectivity index (χ2v) is 8.83. The minimum Gasteiger partial charge on any atom is -0.481 e. The largest absolute Gasteiger partial charge is 0.481 e. The van der Waals surface area contributed by atoms with Crippen molar-refractivity contribution in [2.24, 2.45) is 11.3 Å². The van der Waals surface area contributed by atoms with Crippen LogP contribution in [-0.4, -0.2) is 101 Å². The Kier molecular flexibility index (Phi) is 13.4. The third kappa shape index (κ3) is 11.3. The smallest absolute Gasteiger partial charge is 0.303 e. The number of carbonyl (C=O) groups excluding carboxylic acids is 1. The molecule has 1 spiro atoms. The molecule has 0 radical (unpaired) electrons. The first kappa shape index (κ1) is 27.5. The summed E-state index contributed by atoms with van der Waals surface area (Å²) in [5.74, 6) is 1.91. The summed E-state index contributed by atoms with van der Waals surface area (Å²) in [5.41, 5.74) is 0.317. The van der Waals surface area contributed by atoms with Crippen LogP contribution in [0, 0.1) is 23.7 Å². The zero-order chi connectivity index (χ0) is 23.8. The Morgan fingerprint density at radius 2 is 1.55 bits per heavy atom. The molecule has 9 heteroatoms. The highest BCUT2D eigenvalue weighted by Gasteiger charge is 2.48. The van der Waals surface area contributed by atoms with E-state index < -0.39 is 5.97 Å². The van der Waals surface area contributed by atoms with E-state index in [0.717, 1.165) is 45.3 Å². The van der Waals surface area contributed by atoms with Crippen LogP contribution >= 0.6 is 0 Å². The summed E-state index contributed by atoms with van der Waals surface area (Å²) < 4.78 is 21.3. The van der Waals surface area contributed by atoms with E-state index in [9.17, 15) is 9.59 Å². The van der Waals surface area contributed by atoms with Gasteiger partial charge in [-0.15, -0.1) is 6.42 Å². The number of hydrogen-bond acceptors (Lipinski definition) is 7. The number of ether oxygens (including phenoxy) is 4. The van der Waals surface area contributed by atoms with Gasteiger partial charge < -0.3 is 34.3 Å². The number of amides is 1. The van der Waals surface area contributed by atoms with E-state index in [4.69, 9.17) is 30.5 Å². The normalized spacial score (nSPS) is 18.0. The number of aliphatic carboxylic acids is 1. The molecular formula is C24H40N2O7. The topological polar surface area (TPSA) is 107 Å². The molecule has 33 heavy (non-hydrogen) atoms. The molecule has 2 aliphatic rings. The van der Waals surface area contributed by atoms with E-state index in [1.165, 1.54) is 0 Å². The van der Waals surface area contributed by atoms with Gasteiger partial charge >= 0.3 is 5.97 Å². The van der Waals surface area contributed by atoms with E-state index >= 15 is 0 Å². The van der Waals surface area contributed by atoms with Crippen LogP contribution in [0.2, 0.25) is 0 Å². The standard InChI is InChI=1S/C24H40N2O7/c1-2-11-30-13-15-32-17-18-33-16-14-31-12-7-25-23(29)21-19-24(20-21)5-9-26(10-6-24)8-3-4-22(27)28/h1,21H,3-20H2,(H,25,29)(H,27,28). The van der Waals surface area contributed by atoms with Crippen molar-refractivity contribution >= 4 is 11.9 Å². The van der Waals surface area contributed by atoms with Crippen molar-refractivity contribution in [2.45, 2.75) is 38.5 Å². The fourth-order valence-electron chi connectivity index (χ4n) is 4.47. The lowest BCUT2D eigenvalue weighted by molar-refractivity contribution is -0.137. The SMILES string of the molecule is C#CCOCCOCCOCCOCCNC(=O)C1CC2(CCN(CCCC(=O)O)CC2)C1. The first-order valence-corrected chi connectivity index (χ1v) is 12.0. The first-order chi connectivity index (χ1) is 16.0. The molecule has 0 atom stereocenters. The van der Waals surface area contributed by atoms with E-state index in [-0.39, 0.29) is 18.2 Å². The van der Waals surface area contributed by atoms with Crippen molar-refractivity contribution in [2.75, 3.05) is 79.0 Å². The Balaban J connectivity index is 1.37. The maximum absolute atomic E-state index is 12.3. The highest BCUT2D eigenvalue weighted by atomic mass is 16.6. The monoisotopic (exact) mass is 468 g/mol. The summed E-state index contributed by atoms with van der Waals surface area (Å²) >= 11 is 0. The predicted octanol–water partition coefficient (Wildman–Crippen LogP) is 1.16. The number of carboxylic acids is 1. The molecule has 0 aromatic rings. The number of terminal acetylenes is 1. The molecule has 2 N–H and O–H groups in total. The Morgan fingerprint density at radius 1 is 0.970 bits per heavy atom. The molecule has 1 aliphatic carbocycles. The van der Waals surface area contributed by atoms with Crippen molar-refractivity contribution in [3.8, 4) is 12.3 Å². The average Bonchev–Trinajstić information content (AvgIpc) is 2.78. The highest BCUT2D eigenvalue weighted by molar-refractivity contribution is 5.79. The molecule has 1 heterocycles. The van der Waals surface area contributed by atoms with Crippen molar-refractivity contribution in [1.82, 2.24) is 10.2 Å². The molecule has 188 valence electrons. The van der Waals surface area contributed by atoms with Crippen LogP contribution in [-0.2, 0) is 28.5 Å². The fourth-order valence-corrected chi connectivity index (χ4v) is 4.47. The van der Waals surface area contributed by atoms with Crippen LogP contribution in [0.4, 0.5) is 0 Å². The number of likely N-dealkylation sites (tertiary alicyclic amines) is 1. The molecule has 0 bridgehead atoms. The van der Waals surface area contributed by atoms with Crippen LogP contribution in [0.5, 0.6) is 0 Å². The van der Waals surface area contributed by atoms with Crippen molar-refractivity contribution in [3.63, 3.8) is 0 Å². The molecule has 1 aliphatic heterocycles. The second kappa shape index (κ2) is 16.0. The number of hydrogen-bond donors (Lipinski definition) is 2. The van der Waals surface area contributed by atoms with Gasteiger partial charge in [0, 0.05) is 18.9 Å². The molecule has 2 rings (SSSR count). The second-order valence-electron chi connectivity index (χ2n) is 8.83. The Morgan fingerprint density at radius 3 is 2.12 bits per heavy atom. The number of nitrogens with zero attached hydrogens (tertiary/aromatic N) is 1. The minimum absolute atomic E-state index is 0.115. The van der Waals surface area contributed by atoms with Gasteiger partial charge in [-0.2, -0.15) is 0 Å². The van der Waals surface area contributed by atoms with Gasteiger partial charge in [-0.1, -0.05) is 5.92 Å². The number of rotatable bonds is 18. The lowest BCUT2D eigenvalue weighted by Crippen LogP contribution is -2.51. The number of nitrogens with one attached hydrogen (secondary N) is 1. The van der Waals surface area contributed by atoms with Gasteiger partial charge in [0.2, 0.25) is 5.91 Å². The molecule has 1 amide bonds. The van der Waals surface area contributed by atoms with Gasteiger partial charge in [-0.25, -0.2) is 0 Å². The first-order valence-electron chi connectivity index (χ1n) is 12.0. The van der Waals surface area contributed by atoms with Gasteiger partial charge in [-0.05, 0) is 57.2 Å². The summed E-state index contributed by atoms with van der Waals surface area (Å²) in [6, 6.07) is 0. The zero-order valence-corrected chi connectivity index (χ0v) is 19.7. The van der Waals surface area contributed by atoms with Crippen LogP contribution in [0.3, 0.4) is 0 Å². The molecule has 1 saturated heterocycles. The van der Waals surface area contributed by atoms with Crippen LogP contribution in [0.1, 0.15) is 38.5 Å². The minimum atomic E-state index is -0.726. The maximum atomic E-state index is 12.3. The molecule has 0 aromatic carbocycles. The van der Waals surface area contributed by atoms with E-state index in [1.807, 2.05) is 0 Å². The van der Waals surface area contributed by atoms with E-state index in [1.54, 1.807) is 0 Å². The Hall–Kier alpha value is -1.70. The number of carboxylic acid groups (broad SMARTS) is 1. The molecule has 9 nitrogen and oxygen atoms in total. The predicted molar refractivity (Wildman–Crippen MR) is 123 cm³/mol. The maximum Gasteiger partial charge on any atom is 0.303 e. The van der Waals surface area contributed by atoms with Crippen LogP contribution in [0.15, 0.2) is 0 Å². The Bertz CT molecular complexity index is 606. The molecule has 2 fully saturated rings. The third-order valence-electron chi connectivity index (χ3n) is 6.36. The quantitative estimate of drug-likeness (QED) is 0.228. The van der Waals surface area contributed by atoms with Gasteiger partial charge in [0.15, 0.2) is 0 Å². The van der Waals surface area contributed by atoms with Gasteiger partial charge in [0.25, 0.3) is 0 Å². The molecule has 1 saturated carbocycles. The van der Waals surface area contributed by atoms with Gasteiger partial charge in [0.1, 0.15) is 6.61 Å².